The average Bonchev–Trinajstić information content (AvgIpc) is 3.52. The third-order valence-electron chi connectivity index (χ3n) is 5.63. The van der Waals surface area contributed by atoms with Crippen LogP contribution in [-0.4, -0.2) is 36.8 Å². The second-order valence-corrected chi connectivity index (χ2v) is 8.49. The van der Waals surface area contributed by atoms with Gasteiger partial charge in [0.05, 0.1) is 41.5 Å². The number of anilines is 1. The monoisotopic (exact) mass is 503 g/mol. The van der Waals surface area contributed by atoms with Crippen LogP contribution in [0.1, 0.15) is 15.9 Å². The maximum atomic E-state index is 14.1. The van der Waals surface area contributed by atoms with Gasteiger partial charge in [-0.15, -0.1) is 5.10 Å². The number of benzene rings is 3. The van der Waals surface area contributed by atoms with E-state index < -0.39 is 17.6 Å². The van der Waals surface area contributed by atoms with Crippen molar-refractivity contribution in [3.63, 3.8) is 0 Å². The second-order valence-electron chi connectivity index (χ2n) is 8.05. The molecule has 2 aromatic heterocycles. The fraction of sp³-hybridized carbons (Fsp3) is 0.0800. The molecular weight excluding hydrogens is 485 g/mol. The number of hydrogen-bond acceptors (Lipinski definition) is 5. The molecule has 0 saturated carbocycles. The first-order chi connectivity index (χ1) is 17.4. The van der Waals surface area contributed by atoms with E-state index in [1.165, 1.54) is 28.0 Å². The van der Waals surface area contributed by atoms with Crippen LogP contribution in [0.4, 0.5) is 10.1 Å². The number of hydrogen-bond donors (Lipinski definition) is 2. The standard InChI is InChI=1S/C25H19ClFN7O2/c26-17-7-15(8-18(27)10-17)12-33(24(35)13-34-23-4-2-1-3-20(23)31-32-34)22-6-5-16(9-19(22)25(28)36)21-11-29-14-30-21/h1-11,14H,12-13H2,(H2,28,36)(H,29,30). The van der Waals surface area contributed by atoms with E-state index in [4.69, 9.17) is 17.3 Å². The van der Waals surface area contributed by atoms with Gasteiger partial charge >= 0.3 is 0 Å². The first kappa shape index (κ1) is 23.2. The Morgan fingerprint density at radius 3 is 2.69 bits per heavy atom. The van der Waals surface area contributed by atoms with E-state index in [2.05, 4.69) is 20.3 Å². The number of primary amides is 1. The number of aromatic nitrogens is 5. The molecule has 0 bridgehead atoms. The summed E-state index contributed by atoms with van der Waals surface area (Å²) in [5.41, 5.74) is 9.17. The highest BCUT2D eigenvalue weighted by atomic mass is 35.5. The van der Waals surface area contributed by atoms with Crippen LogP contribution >= 0.6 is 11.6 Å². The summed E-state index contributed by atoms with van der Waals surface area (Å²) >= 11 is 6.05. The molecule has 0 aliphatic carbocycles. The average molecular weight is 504 g/mol. The van der Waals surface area contributed by atoms with Crippen LogP contribution in [0.5, 0.6) is 0 Å². The lowest BCUT2D eigenvalue weighted by molar-refractivity contribution is -0.119. The molecule has 0 unspecified atom stereocenters. The van der Waals surface area contributed by atoms with Crippen molar-refractivity contribution >= 4 is 40.1 Å². The van der Waals surface area contributed by atoms with Gasteiger partial charge in [-0.3, -0.25) is 9.59 Å². The number of para-hydroxylation sites is 1. The molecule has 0 radical (unpaired) electrons. The summed E-state index contributed by atoms with van der Waals surface area (Å²) in [6.07, 6.45) is 3.12. The maximum Gasteiger partial charge on any atom is 0.250 e. The van der Waals surface area contributed by atoms with Crippen LogP contribution < -0.4 is 10.6 Å². The number of nitrogens with two attached hydrogens (primary N) is 1. The third-order valence-corrected chi connectivity index (χ3v) is 5.85. The van der Waals surface area contributed by atoms with Crippen molar-refractivity contribution in [2.24, 2.45) is 5.73 Å². The summed E-state index contributed by atoms with van der Waals surface area (Å²) < 4.78 is 15.5. The van der Waals surface area contributed by atoms with Crippen LogP contribution in [0, 0.1) is 5.82 Å². The lowest BCUT2D eigenvalue weighted by Crippen LogP contribution is -2.35. The minimum Gasteiger partial charge on any atom is -0.366 e. The number of H-pyrrole nitrogens is 1. The predicted octanol–water partition coefficient (Wildman–Crippen LogP) is 3.95. The van der Waals surface area contributed by atoms with E-state index in [-0.39, 0.29) is 29.4 Å². The first-order valence-electron chi connectivity index (χ1n) is 10.9. The Bertz CT molecular complexity index is 1560. The van der Waals surface area contributed by atoms with Crippen molar-refractivity contribution < 1.29 is 14.0 Å². The minimum absolute atomic E-state index is 0.0629. The van der Waals surface area contributed by atoms with E-state index in [9.17, 15) is 14.0 Å². The predicted molar refractivity (Wildman–Crippen MR) is 133 cm³/mol. The van der Waals surface area contributed by atoms with E-state index in [0.717, 1.165) is 0 Å². The molecule has 3 N–H and O–H groups in total. The van der Waals surface area contributed by atoms with Gasteiger partial charge in [-0.1, -0.05) is 35.0 Å². The molecule has 36 heavy (non-hydrogen) atoms. The highest BCUT2D eigenvalue weighted by Crippen LogP contribution is 2.29. The molecule has 0 aliphatic rings. The van der Waals surface area contributed by atoms with Gasteiger partial charge in [-0.25, -0.2) is 14.1 Å². The highest BCUT2D eigenvalue weighted by Gasteiger charge is 2.24. The minimum atomic E-state index is -0.729. The van der Waals surface area contributed by atoms with E-state index >= 15 is 0 Å². The molecule has 9 nitrogen and oxygen atoms in total. The van der Waals surface area contributed by atoms with Crippen LogP contribution in [0.15, 0.2) is 73.2 Å². The van der Waals surface area contributed by atoms with Gasteiger partial charge in [0, 0.05) is 10.6 Å². The quantitative estimate of drug-likeness (QED) is 0.348. The molecular formula is C25H19ClFN7O2. The third kappa shape index (κ3) is 4.66. The Labute approximate surface area is 209 Å². The first-order valence-corrected chi connectivity index (χ1v) is 11.2. The number of imidazole rings is 1. The zero-order valence-electron chi connectivity index (χ0n) is 18.7. The number of rotatable bonds is 7. The summed E-state index contributed by atoms with van der Waals surface area (Å²) in [7, 11) is 0. The molecule has 5 rings (SSSR count). The van der Waals surface area contributed by atoms with Crippen LogP contribution in [0.25, 0.3) is 22.3 Å². The van der Waals surface area contributed by atoms with Gasteiger partial charge in [0.1, 0.15) is 17.9 Å². The van der Waals surface area contributed by atoms with Crippen molar-refractivity contribution in [3.05, 3.63) is 95.2 Å². The van der Waals surface area contributed by atoms with E-state index in [1.807, 2.05) is 12.1 Å². The second kappa shape index (κ2) is 9.59. The maximum absolute atomic E-state index is 14.1. The summed E-state index contributed by atoms with van der Waals surface area (Å²) in [6, 6.07) is 16.2. The van der Waals surface area contributed by atoms with E-state index in [1.54, 1.807) is 42.6 Å². The molecule has 3 aromatic carbocycles. The highest BCUT2D eigenvalue weighted by molar-refractivity contribution is 6.30. The normalized spacial score (nSPS) is 11.1. The number of amides is 2. The number of carbonyl (C=O) groups is 2. The summed E-state index contributed by atoms with van der Waals surface area (Å²) in [5, 5.41) is 8.36. The Hall–Kier alpha value is -4.57. The SMILES string of the molecule is NC(=O)c1cc(-c2cnc[nH]2)ccc1N(Cc1cc(F)cc(Cl)c1)C(=O)Cn1nnc2ccccc21. The van der Waals surface area contributed by atoms with Gasteiger partial charge < -0.3 is 15.6 Å². The van der Waals surface area contributed by atoms with Crippen molar-refractivity contribution in [3.8, 4) is 11.3 Å². The molecule has 0 atom stereocenters. The van der Waals surface area contributed by atoms with Gasteiger partial charge in [0.25, 0.3) is 5.91 Å². The Morgan fingerprint density at radius 2 is 1.94 bits per heavy atom. The van der Waals surface area contributed by atoms with Gasteiger partial charge in [0.2, 0.25) is 5.91 Å². The fourth-order valence-corrected chi connectivity index (χ4v) is 4.23. The summed E-state index contributed by atoms with van der Waals surface area (Å²) in [4.78, 5) is 34.5. The van der Waals surface area contributed by atoms with E-state index in [0.29, 0.717) is 27.9 Å². The molecule has 0 aliphatic heterocycles. The van der Waals surface area contributed by atoms with Crippen LogP contribution in [0.2, 0.25) is 5.02 Å². The van der Waals surface area contributed by atoms with Gasteiger partial charge in [-0.05, 0) is 48.0 Å². The molecule has 0 spiro atoms. The van der Waals surface area contributed by atoms with Crippen molar-refractivity contribution in [2.45, 2.75) is 13.1 Å². The molecule has 0 saturated heterocycles. The Balaban J connectivity index is 1.58. The lowest BCUT2D eigenvalue weighted by Gasteiger charge is -2.25. The number of carbonyl (C=O) groups excluding carboxylic acids is 2. The molecule has 0 fully saturated rings. The largest absolute Gasteiger partial charge is 0.366 e. The number of fused-ring (bicyclic) bond motifs is 1. The lowest BCUT2D eigenvalue weighted by atomic mass is 10.0. The summed E-state index contributed by atoms with van der Waals surface area (Å²) in [5.74, 6) is -1.69. The zero-order chi connectivity index (χ0) is 25.2. The Morgan fingerprint density at radius 1 is 1.11 bits per heavy atom. The molecule has 2 heterocycles. The molecule has 180 valence electrons. The number of nitrogens with one attached hydrogen (secondary N) is 1. The smallest absolute Gasteiger partial charge is 0.250 e. The van der Waals surface area contributed by atoms with Crippen LogP contribution in [0.3, 0.4) is 0 Å². The summed E-state index contributed by atoms with van der Waals surface area (Å²) in [6.45, 7) is -0.239. The van der Waals surface area contributed by atoms with Crippen LogP contribution in [-0.2, 0) is 17.9 Å². The van der Waals surface area contributed by atoms with Crippen molar-refractivity contribution in [1.29, 1.82) is 0 Å². The molecule has 2 amide bonds. The number of aromatic amines is 1. The zero-order valence-corrected chi connectivity index (χ0v) is 19.5. The molecule has 11 heteroatoms. The molecule has 5 aromatic rings. The number of nitrogens with zero attached hydrogens (tertiary/aromatic N) is 5. The fourth-order valence-electron chi connectivity index (χ4n) is 3.99. The van der Waals surface area contributed by atoms with Gasteiger partial charge in [0.15, 0.2) is 0 Å². The number of halogens is 2. The Kier molecular flexibility index (Phi) is 6.17. The topological polar surface area (TPSA) is 123 Å². The van der Waals surface area contributed by atoms with Gasteiger partial charge in [-0.2, -0.15) is 0 Å². The van der Waals surface area contributed by atoms with Crippen molar-refractivity contribution in [1.82, 2.24) is 25.0 Å². The van der Waals surface area contributed by atoms with Crippen molar-refractivity contribution in [2.75, 3.05) is 4.90 Å².